The van der Waals surface area contributed by atoms with Gasteiger partial charge in [0.15, 0.2) is 0 Å². The quantitative estimate of drug-likeness (QED) is 0.674. The van der Waals surface area contributed by atoms with Gasteiger partial charge in [-0.15, -0.1) is 0 Å². The zero-order valence-corrected chi connectivity index (χ0v) is 13.4. The molecule has 0 unspecified atom stereocenters. The van der Waals surface area contributed by atoms with Crippen molar-refractivity contribution < 1.29 is 9.84 Å². The molecule has 0 aliphatic rings. The third-order valence-corrected chi connectivity index (χ3v) is 4.04. The van der Waals surface area contributed by atoms with E-state index in [1.165, 1.54) is 10.8 Å². The molecule has 0 saturated carbocycles. The lowest BCUT2D eigenvalue weighted by atomic mass is 10.1. The van der Waals surface area contributed by atoms with Crippen molar-refractivity contribution in [1.29, 1.82) is 0 Å². The zero-order valence-electron chi connectivity index (χ0n) is 13.4. The lowest BCUT2D eigenvalue weighted by Gasteiger charge is -2.10. The number of pyridine rings is 3. The van der Waals surface area contributed by atoms with E-state index in [0.717, 1.165) is 0 Å². The van der Waals surface area contributed by atoms with E-state index < -0.39 is 0 Å². The van der Waals surface area contributed by atoms with Gasteiger partial charge in [-0.2, -0.15) is 0 Å². The topological polar surface area (TPSA) is 86.3 Å². The third kappa shape index (κ3) is 2.83. The Morgan fingerprint density at radius 3 is 2.58 bits per heavy atom. The van der Waals surface area contributed by atoms with Gasteiger partial charge in [-0.1, -0.05) is 0 Å². The van der Waals surface area contributed by atoms with Crippen LogP contribution in [0.1, 0.15) is 6.42 Å². The smallest absolute Gasteiger partial charge is 0.260 e. The van der Waals surface area contributed by atoms with Crippen molar-refractivity contribution in [2.75, 3.05) is 20.3 Å². The maximum atomic E-state index is 12.7. The highest BCUT2D eigenvalue weighted by atomic mass is 16.5. The number of nitrogens with zero attached hydrogens (tertiary/aromatic N) is 3. The van der Waals surface area contributed by atoms with Gasteiger partial charge >= 0.3 is 0 Å². The van der Waals surface area contributed by atoms with Crippen LogP contribution in [0.3, 0.4) is 0 Å². The second kappa shape index (κ2) is 6.94. The summed E-state index contributed by atoms with van der Waals surface area (Å²) in [4.78, 5) is 29.6. The second-order valence-corrected chi connectivity index (χ2v) is 5.54. The van der Waals surface area contributed by atoms with E-state index in [2.05, 4.69) is 4.98 Å². The summed E-state index contributed by atoms with van der Waals surface area (Å²) in [6.45, 7) is 1.31. The average molecular weight is 329 g/mol. The van der Waals surface area contributed by atoms with Crippen molar-refractivity contribution in [3.63, 3.8) is 0 Å². The molecule has 3 rings (SSSR count). The van der Waals surface area contributed by atoms with E-state index in [1.807, 2.05) is 0 Å². The van der Waals surface area contributed by atoms with Crippen LogP contribution in [0.25, 0.3) is 21.7 Å². The molecule has 0 spiro atoms. The van der Waals surface area contributed by atoms with Gasteiger partial charge in [-0.25, -0.2) is 0 Å². The third-order valence-electron chi connectivity index (χ3n) is 4.04. The molecule has 0 aromatic carbocycles. The summed E-state index contributed by atoms with van der Waals surface area (Å²) in [6, 6.07) is 3.53. The summed E-state index contributed by atoms with van der Waals surface area (Å²) in [5, 5.41) is 10.4. The van der Waals surface area contributed by atoms with E-state index in [1.54, 1.807) is 36.2 Å². The first-order valence-corrected chi connectivity index (χ1v) is 7.78. The Morgan fingerprint density at radius 2 is 1.83 bits per heavy atom. The second-order valence-electron chi connectivity index (χ2n) is 5.54. The fraction of sp³-hybridized carbons (Fsp3) is 0.353. The molecule has 3 aromatic rings. The maximum Gasteiger partial charge on any atom is 0.260 e. The summed E-state index contributed by atoms with van der Waals surface area (Å²) >= 11 is 0. The highest BCUT2D eigenvalue weighted by Gasteiger charge is 2.11. The van der Waals surface area contributed by atoms with Crippen LogP contribution in [-0.2, 0) is 17.8 Å². The van der Waals surface area contributed by atoms with Crippen LogP contribution < -0.4 is 11.1 Å². The van der Waals surface area contributed by atoms with Crippen molar-refractivity contribution in [3.05, 3.63) is 51.4 Å². The Balaban J connectivity index is 2.24. The van der Waals surface area contributed by atoms with Gasteiger partial charge in [0.25, 0.3) is 11.1 Å². The van der Waals surface area contributed by atoms with E-state index in [0.29, 0.717) is 47.8 Å². The lowest BCUT2D eigenvalue weighted by molar-refractivity contribution is 0.186. The molecule has 0 amide bonds. The standard InChI is InChI=1S/C17H19N3O4/c1-24-10-8-20-7-4-14-15(17(20)23)12-3-6-19(5-2-9-21)16(22)13(12)11-18-14/h3-4,6-7,11,21H,2,5,8-10H2,1H3. The normalized spacial score (nSPS) is 11.4. The van der Waals surface area contributed by atoms with Crippen molar-refractivity contribution in [1.82, 2.24) is 14.1 Å². The number of fused-ring (bicyclic) bond motifs is 3. The van der Waals surface area contributed by atoms with E-state index in [4.69, 9.17) is 9.84 Å². The van der Waals surface area contributed by atoms with Crippen LogP contribution >= 0.6 is 0 Å². The molecule has 3 heterocycles. The molecule has 3 aromatic heterocycles. The van der Waals surface area contributed by atoms with E-state index >= 15 is 0 Å². The number of aliphatic hydroxyl groups is 1. The number of aliphatic hydroxyl groups excluding tert-OH is 1. The number of aromatic nitrogens is 3. The number of rotatable bonds is 6. The minimum Gasteiger partial charge on any atom is -0.396 e. The Bertz CT molecular complexity index is 991. The Hall–Kier alpha value is -2.51. The average Bonchev–Trinajstić information content (AvgIpc) is 2.60. The van der Waals surface area contributed by atoms with Gasteiger partial charge in [0.2, 0.25) is 0 Å². The van der Waals surface area contributed by atoms with Gasteiger partial charge in [0, 0.05) is 50.8 Å². The number of ether oxygens (including phenoxy) is 1. The molecule has 0 aliphatic carbocycles. The predicted octanol–water partition coefficient (Wildman–Crippen LogP) is 0.740. The molecular formula is C17H19N3O4. The monoisotopic (exact) mass is 329 g/mol. The summed E-state index contributed by atoms with van der Waals surface area (Å²) in [5.74, 6) is 0. The van der Waals surface area contributed by atoms with Crippen molar-refractivity contribution >= 4 is 21.7 Å². The van der Waals surface area contributed by atoms with E-state index in [9.17, 15) is 9.59 Å². The maximum absolute atomic E-state index is 12.7. The number of aryl methyl sites for hydroxylation is 1. The minimum absolute atomic E-state index is 0.0185. The zero-order chi connectivity index (χ0) is 17.1. The molecule has 0 atom stereocenters. The van der Waals surface area contributed by atoms with Gasteiger partial charge in [0.05, 0.1) is 22.9 Å². The first kappa shape index (κ1) is 16.4. The Morgan fingerprint density at radius 1 is 1.08 bits per heavy atom. The van der Waals surface area contributed by atoms with E-state index in [-0.39, 0.29) is 17.7 Å². The van der Waals surface area contributed by atoms with Crippen LogP contribution in [0.4, 0.5) is 0 Å². The van der Waals surface area contributed by atoms with Crippen LogP contribution in [0, 0.1) is 0 Å². The minimum atomic E-state index is -0.206. The molecular weight excluding hydrogens is 310 g/mol. The molecule has 0 radical (unpaired) electrons. The summed E-state index contributed by atoms with van der Waals surface area (Å²) < 4.78 is 8.11. The largest absolute Gasteiger partial charge is 0.396 e. The predicted molar refractivity (Wildman–Crippen MR) is 91.3 cm³/mol. The molecule has 7 nitrogen and oxygen atoms in total. The molecule has 126 valence electrons. The van der Waals surface area contributed by atoms with Crippen LogP contribution in [-0.4, -0.2) is 39.5 Å². The van der Waals surface area contributed by atoms with Gasteiger partial charge in [-0.3, -0.25) is 14.6 Å². The van der Waals surface area contributed by atoms with Crippen LogP contribution in [0.2, 0.25) is 0 Å². The Kier molecular flexibility index (Phi) is 4.73. The van der Waals surface area contributed by atoms with Crippen molar-refractivity contribution in [2.24, 2.45) is 0 Å². The fourth-order valence-electron chi connectivity index (χ4n) is 2.78. The number of hydrogen-bond acceptors (Lipinski definition) is 5. The summed E-state index contributed by atoms with van der Waals surface area (Å²) in [6.07, 6.45) is 5.35. The number of hydrogen-bond donors (Lipinski definition) is 1. The highest BCUT2D eigenvalue weighted by Crippen LogP contribution is 2.17. The molecule has 1 N–H and O–H groups in total. The molecule has 24 heavy (non-hydrogen) atoms. The van der Waals surface area contributed by atoms with Crippen LogP contribution in [0.5, 0.6) is 0 Å². The number of methoxy groups -OCH3 is 1. The molecule has 0 fully saturated rings. The van der Waals surface area contributed by atoms with Gasteiger partial charge in [0.1, 0.15) is 0 Å². The van der Waals surface area contributed by atoms with Crippen LogP contribution in [0.15, 0.2) is 40.3 Å². The first-order chi connectivity index (χ1) is 11.7. The Labute approximate surface area is 137 Å². The summed E-state index contributed by atoms with van der Waals surface area (Å²) in [7, 11) is 1.58. The molecule has 7 heteroatoms. The van der Waals surface area contributed by atoms with Crippen molar-refractivity contribution in [2.45, 2.75) is 19.5 Å². The first-order valence-electron chi connectivity index (χ1n) is 7.78. The van der Waals surface area contributed by atoms with Crippen molar-refractivity contribution in [3.8, 4) is 0 Å². The molecule has 0 saturated heterocycles. The summed E-state index contributed by atoms with van der Waals surface area (Å²) in [5.41, 5.74) is 0.172. The lowest BCUT2D eigenvalue weighted by Crippen LogP contribution is -2.24. The fourth-order valence-corrected chi connectivity index (χ4v) is 2.78. The SMILES string of the molecule is COCCn1ccc2ncc3c(=O)n(CCCO)ccc3c2c1=O. The molecule has 0 bridgehead atoms. The highest BCUT2D eigenvalue weighted by molar-refractivity contribution is 6.04. The van der Waals surface area contributed by atoms with Gasteiger partial charge < -0.3 is 19.0 Å². The molecule has 0 aliphatic heterocycles. The van der Waals surface area contributed by atoms with Gasteiger partial charge in [-0.05, 0) is 18.6 Å².